The Morgan fingerprint density at radius 3 is 1.93 bits per heavy atom. The van der Waals surface area contributed by atoms with E-state index in [0.29, 0.717) is 17.5 Å². The van der Waals surface area contributed by atoms with Crippen LogP contribution in [0.5, 0.6) is 0 Å². The van der Waals surface area contributed by atoms with Crippen LogP contribution < -0.4 is 0 Å². The summed E-state index contributed by atoms with van der Waals surface area (Å²) in [6, 6.07) is 18.7. The maximum atomic E-state index is 6.72. The van der Waals surface area contributed by atoms with Gasteiger partial charge in [-0.05, 0) is 25.0 Å². The first-order chi connectivity index (χ1) is 27.9. The molecule has 0 spiro atoms. The van der Waals surface area contributed by atoms with Gasteiger partial charge >= 0.3 is 199 Å². The fraction of sp³-hybridized carbons (Fsp3) is 0.100. The molecule has 0 amide bonds. The Kier molecular flexibility index (Phi) is 13.3. The third-order valence-electron chi connectivity index (χ3n) is 9.18. The maximum absolute atomic E-state index is 6.72. The molecule has 3 aromatic carbocycles. The summed E-state index contributed by atoms with van der Waals surface area (Å²) in [4.78, 5) is 20.0. The molecule has 0 aliphatic carbocycles. The number of nitrogens with zero attached hydrogens (tertiary/aromatic N) is 4. The van der Waals surface area contributed by atoms with Gasteiger partial charge in [0, 0.05) is 21.9 Å². The molecule has 57 heavy (non-hydrogen) atoms. The molecular weight excluding hydrogens is 715 g/mol. The Labute approximate surface area is 340 Å². The van der Waals surface area contributed by atoms with Crippen molar-refractivity contribution in [1.82, 2.24) is 19.9 Å². The number of allylic oxidation sites excluding steroid dienone is 19. The van der Waals surface area contributed by atoms with Crippen LogP contribution in [0.15, 0.2) is 164 Å². The molecule has 0 saturated carbocycles. The number of aromatic nitrogens is 4. The molecule has 7 heteroatoms. The summed E-state index contributed by atoms with van der Waals surface area (Å²) in [5, 5.41) is 2.98. The summed E-state index contributed by atoms with van der Waals surface area (Å²) in [6.07, 6.45) is 27.6. The molecule has 0 aliphatic rings. The summed E-state index contributed by atoms with van der Waals surface area (Å²) in [7, 11) is 0. The molecule has 6 rings (SSSR count). The van der Waals surface area contributed by atoms with Gasteiger partial charge in [0.05, 0.1) is 0 Å². The number of hydrogen-bond donors (Lipinski definition) is 0. The zero-order valence-corrected chi connectivity index (χ0v) is 34.0. The van der Waals surface area contributed by atoms with Gasteiger partial charge in [0.1, 0.15) is 11.2 Å². The average molecular weight is 761 g/mol. The monoisotopic (exact) mass is 760 g/mol. The van der Waals surface area contributed by atoms with E-state index in [2.05, 4.69) is 86.5 Å². The first-order valence-corrected chi connectivity index (χ1v) is 19.7. The minimum atomic E-state index is 0.557. The molecule has 0 saturated heterocycles. The van der Waals surface area contributed by atoms with Crippen LogP contribution in [0.2, 0.25) is 6.82 Å². The standard InChI is InChI=1S/C50H45BN4OS/c1-9-16-22-33(13-5)39-24-18-26-41-42-27-19-25-40(46(42)56-45(39)41)34(14-6)30-35(15-7)50-52-43-31-37(28-29-44(43)57-50)48-53-47(36(20-11-3)21-12-4)54-49(55-48)38(32-51-8)23-17-10-2/h9-32H,3,5-6H2,1-2,4,7-8H3/b16-9-,17-10-,21-12-,33-22+,34-30+,35-15+,36-20+,38-23+. The number of benzene rings is 3. The average Bonchev–Trinajstić information content (AvgIpc) is 3.85. The van der Waals surface area contributed by atoms with Gasteiger partial charge in [-0.15, -0.1) is 0 Å². The van der Waals surface area contributed by atoms with Gasteiger partial charge in [-0.1, -0.05) is 79.9 Å². The van der Waals surface area contributed by atoms with E-state index < -0.39 is 0 Å². The quantitative estimate of drug-likeness (QED) is 0.0817. The molecule has 0 radical (unpaired) electrons. The number of fused-ring (bicyclic) bond motifs is 4. The van der Waals surface area contributed by atoms with Crippen molar-refractivity contribution in [2.75, 3.05) is 0 Å². The summed E-state index contributed by atoms with van der Waals surface area (Å²) in [6.45, 7) is 24.1. The van der Waals surface area contributed by atoms with Crippen LogP contribution in [-0.2, 0) is 0 Å². The number of para-hydroxylation sites is 2. The van der Waals surface area contributed by atoms with Crippen LogP contribution in [0.4, 0.5) is 0 Å². The Bertz CT molecular complexity index is 2800. The molecule has 0 fully saturated rings. The zero-order valence-electron chi connectivity index (χ0n) is 33.2. The van der Waals surface area contributed by atoms with Gasteiger partial charge in [0.2, 0.25) is 0 Å². The molecule has 0 bridgehead atoms. The first kappa shape index (κ1) is 40.1. The van der Waals surface area contributed by atoms with Crippen molar-refractivity contribution in [3.63, 3.8) is 0 Å². The summed E-state index contributed by atoms with van der Waals surface area (Å²) in [5.74, 6) is 3.69. The second-order valence-corrected chi connectivity index (χ2v) is 13.9. The zero-order chi connectivity index (χ0) is 40.3. The molecule has 5 nitrogen and oxygen atoms in total. The Morgan fingerprint density at radius 1 is 0.684 bits per heavy atom. The van der Waals surface area contributed by atoms with Gasteiger partial charge in [-0.2, -0.15) is 0 Å². The van der Waals surface area contributed by atoms with Crippen molar-refractivity contribution >= 4 is 84.2 Å². The molecule has 6 aromatic rings. The van der Waals surface area contributed by atoms with Crippen LogP contribution in [0.3, 0.4) is 0 Å². The van der Waals surface area contributed by atoms with E-state index >= 15 is 0 Å². The SMILES string of the molecule is C=C/C=C(\C=C/C)c1nc(/C(C=BC)=C/C=C\C)nc(-c2ccc3sc(C(=C/C)/C=C(\C=C)c4cccc5c4oc4c(/C(C=C)=C/C=C\C)cccc45)nc3c2)n1. The van der Waals surface area contributed by atoms with Gasteiger partial charge in [0.25, 0.3) is 0 Å². The topological polar surface area (TPSA) is 64.7 Å². The molecular formula is C50H45BN4OS. The molecule has 0 atom stereocenters. The normalized spacial score (nSPS) is 13.7. The van der Waals surface area contributed by atoms with Gasteiger partial charge < -0.3 is 4.42 Å². The third-order valence-corrected chi connectivity index (χ3v) is 10.3. The van der Waals surface area contributed by atoms with Crippen molar-refractivity contribution in [1.29, 1.82) is 0 Å². The van der Waals surface area contributed by atoms with Crippen molar-refractivity contribution in [2.24, 2.45) is 0 Å². The van der Waals surface area contributed by atoms with Crippen LogP contribution in [-0.4, -0.2) is 32.8 Å². The Morgan fingerprint density at radius 2 is 1.33 bits per heavy atom. The Hall–Kier alpha value is -6.57. The van der Waals surface area contributed by atoms with Gasteiger partial charge in [0.15, 0.2) is 0 Å². The van der Waals surface area contributed by atoms with Crippen molar-refractivity contribution < 1.29 is 4.42 Å². The second-order valence-electron chi connectivity index (χ2n) is 12.9. The molecule has 3 heterocycles. The van der Waals surface area contributed by atoms with Crippen molar-refractivity contribution in [3.05, 3.63) is 187 Å². The van der Waals surface area contributed by atoms with Crippen LogP contribution in [0, 0.1) is 0 Å². The molecule has 0 unspecified atom stereocenters. The number of furan rings is 1. The first-order valence-electron chi connectivity index (χ1n) is 18.9. The van der Waals surface area contributed by atoms with E-state index in [4.69, 9.17) is 24.4 Å². The predicted octanol–water partition coefficient (Wildman–Crippen LogP) is 13.5. The molecule has 0 N–H and O–H groups in total. The molecule has 0 aliphatic heterocycles. The van der Waals surface area contributed by atoms with E-state index in [-0.39, 0.29) is 0 Å². The van der Waals surface area contributed by atoms with Crippen molar-refractivity contribution in [2.45, 2.75) is 34.5 Å². The summed E-state index contributed by atoms with van der Waals surface area (Å²) >= 11 is 1.64. The Balaban J connectivity index is 1.44. The third kappa shape index (κ3) is 8.64. The predicted molar refractivity (Wildman–Crippen MR) is 250 cm³/mol. The van der Waals surface area contributed by atoms with E-state index in [1.54, 1.807) is 17.4 Å². The summed E-state index contributed by atoms with van der Waals surface area (Å²) in [5.41, 5.74) is 9.89. The minimum absolute atomic E-state index is 0.557. The number of hydrogen-bond acceptors (Lipinski definition) is 6. The summed E-state index contributed by atoms with van der Waals surface area (Å²) < 4.78 is 7.77. The molecule has 280 valence electrons. The van der Waals surface area contributed by atoms with E-state index in [0.717, 1.165) is 81.7 Å². The van der Waals surface area contributed by atoms with E-state index in [9.17, 15) is 0 Å². The van der Waals surface area contributed by atoms with Crippen LogP contribution >= 0.6 is 11.3 Å². The van der Waals surface area contributed by atoms with E-state index in [1.165, 1.54) is 0 Å². The number of thiazole rings is 1. The number of rotatable bonds is 14. The van der Waals surface area contributed by atoms with Crippen molar-refractivity contribution in [3.8, 4) is 11.4 Å². The van der Waals surface area contributed by atoms with Gasteiger partial charge in [-0.3, -0.25) is 0 Å². The molecule has 3 aromatic heterocycles. The fourth-order valence-corrected chi connectivity index (χ4v) is 7.47. The van der Waals surface area contributed by atoms with Crippen LogP contribution in [0.1, 0.15) is 55.5 Å². The second kappa shape index (κ2) is 18.9. The van der Waals surface area contributed by atoms with Crippen LogP contribution in [0.25, 0.3) is 71.4 Å². The van der Waals surface area contributed by atoms with E-state index in [1.807, 2.05) is 114 Å². The fourth-order valence-electron chi connectivity index (χ4n) is 6.47. The van der Waals surface area contributed by atoms with Gasteiger partial charge in [-0.25, -0.2) is 0 Å².